The van der Waals surface area contributed by atoms with Gasteiger partial charge in [-0.1, -0.05) is 28.1 Å². The summed E-state index contributed by atoms with van der Waals surface area (Å²) in [6, 6.07) is 6.39. The van der Waals surface area contributed by atoms with Crippen molar-refractivity contribution in [3.05, 3.63) is 34.3 Å². The molecule has 1 rings (SSSR count). The van der Waals surface area contributed by atoms with Gasteiger partial charge in [0.25, 0.3) is 0 Å². The summed E-state index contributed by atoms with van der Waals surface area (Å²) in [5, 5.41) is 0. The standard InChI is InChI=1S/C10H8BrF3O2/c11-8-3-1-2-7(4-8)9(15)5-16-6-10(12,13)14/h1-4H,5-6H2. The third kappa shape index (κ3) is 4.76. The van der Waals surface area contributed by atoms with Gasteiger partial charge in [0.2, 0.25) is 0 Å². The number of carbonyl (C=O) groups excluding carboxylic acids is 1. The van der Waals surface area contributed by atoms with E-state index in [0.29, 0.717) is 10.0 Å². The summed E-state index contributed by atoms with van der Waals surface area (Å²) in [5.74, 6) is -0.481. The van der Waals surface area contributed by atoms with E-state index in [4.69, 9.17) is 0 Å². The summed E-state index contributed by atoms with van der Waals surface area (Å²) in [6.45, 7) is -1.98. The molecule has 0 radical (unpaired) electrons. The second kappa shape index (κ2) is 5.45. The zero-order valence-electron chi connectivity index (χ0n) is 8.05. The van der Waals surface area contributed by atoms with Crippen LogP contribution in [0.2, 0.25) is 0 Å². The van der Waals surface area contributed by atoms with E-state index in [2.05, 4.69) is 20.7 Å². The highest BCUT2D eigenvalue weighted by Crippen LogP contribution is 2.15. The Morgan fingerprint density at radius 3 is 2.62 bits per heavy atom. The number of hydrogen-bond donors (Lipinski definition) is 0. The van der Waals surface area contributed by atoms with Crippen LogP contribution >= 0.6 is 15.9 Å². The van der Waals surface area contributed by atoms with E-state index in [9.17, 15) is 18.0 Å². The van der Waals surface area contributed by atoms with Crippen LogP contribution in [0, 0.1) is 0 Å². The molecule has 0 aromatic heterocycles. The van der Waals surface area contributed by atoms with Gasteiger partial charge in [0.1, 0.15) is 13.2 Å². The maximum absolute atomic E-state index is 11.7. The summed E-state index contributed by atoms with van der Waals surface area (Å²) < 4.78 is 40.1. The molecule has 1 aromatic rings. The molecule has 0 bridgehead atoms. The quantitative estimate of drug-likeness (QED) is 0.798. The van der Waals surface area contributed by atoms with Crippen LogP contribution in [-0.4, -0.2) is 25.2 Å². The number of halogens is 4. The predicted molar refractivity (Wildman–Crippen MR) is 55.3 cm³/mol. The summed E-state index contributed by atoms with van der Waals surface area (Å²) in [4.78, 5) is 11.4. The van der Waals surface area contributed by atoms with E-state index in [1.165, 1.54) is 12.1 Å². The second-order valence-electron chi connectivity index (χ2n) is 3.04. The van der Waals surface area contributed by atoms with Gasteiger partial charge < -0.3 is 4.74 Å². The number of rotatable bonds is 4. The minimum absolute atomic E-state index is 0.316. The maximum atomic E-state index is 11.7. The van der Waals surface area contributed by atoms with Crippen molar-refractivity contribution in [1.82, 2.24) is 0 Å². The monoisotopic (exact) mass is 296 g/mol. The van der Waals surface area contributed by atoms with Crippen LogP contribution in [0.4, 0.5) is 13.2 Å². The van der Waals surface area contributed by atoms with Crippen molar-refractivity contribution < 1.29 is 22.7 Å². The smallest absolute Gasteiger partial charge is 0.364 e. The lowest BCUT2D eigenvalue weighted by atomic mass is 10.1. The Balaban J connectivity index is 2.47. The highest BCUT2D eigenvalue weighted by molar-refractivity contribution is 9.10. The number of carbonyl (C=O) groups is 1. The molecule has 0 aliphatic carbocycles. The van der Waals surface area contributed by atoms with Crippen molar-refractivity contribution in [3.63, 3.8) is 0 Å². The summed E-state index contributed by atoms with van der Waals surface area (Å²) in [6.07, 6.45) is -4.41. The van der Waals surface area contributed by atoms with E-state index < -0.39 is 25.2 Å². The van der Waals surface area contributed by atoms with E-state index in [-0.39, 0.29) is 0 Å². The molecule has 0 unspecified atom stereocenters. The molecule has 0 amide bonds. The van der Waals surface area contributed by atoms with Gasteiger partial charge in [0.15, 0.2) is 5.78 Å². The molecule has 0 fully saturated rings. The minimum Gasteiger partial charge on any atom is -0.364 e. The van der Waals surface area contributed by atoms with Crippen molar-refractivity contribution in [1.29, 1.82) is 0 Å². The lowest BCUT2D eigenvalue weighted by Crippen LogP contribution is -2.20. The number of hydrogen-bond acceptors (Lipinski definition) is 2. The van der Waals surface area contributed by atoms with Gasteiger partial charge in [-0.15, -0.1) is 0 Å². The molecule has 16 heavy (non-hydrogen) atoms. The van der Waals surface area contributed by atoms with Gasteiger partial charge in [-0.2, -0.15) is 13.2 Å². The largest absolute Gasteiger partial charge is 0.411 e. The third-order valence-corrected chi connectivity index (χ3v) is 2.14. The summed E-state index contributed by atoms with van der Waals surface area (Å²) in [7, 11) is 0. The van der Waals surface area contributed by atoms with Crippen molar-refractivity contribution in [2.75, 3.05) is 13.2 Å². The van der Waals surface area contributed by atoms with Crippen LogP contribution in [0.3, 0.4) is 0 Å². The van der Waals surface area contributed by atoms with Crippen LogP contribution in [0.25, 0.3) is 0 Å². The lowest BCUT2D eigenvalue weighted by molar-refractivity contribution is -0.170. The molecule has 0 N–H and O–H groups in total. The molecule has 0 saturated heterocycles. The number of Topliss-reactive ketones (excluding diaryl/α,β-unsaturated/α-hetero) is 1. The molecule has 0 heterocycles. The second-order valence-corrected chi connectivity index (χ2v) is 3.96. The molecule has 1 aromatic carbocycles. The first-order chi connectivity index (χ1) is 7.38. The van der Waals surface area contributed by atoms with Gasteiger partial charge in [0.05, 0.1) is 0 Å². The SMILES string of the molecule is O=C(COCC(F)(F)F)c1cccc(Br)c1. The predicted octanol–water partition coefficient (Wildman–Crippen LogP) is 3.21. The first-order valence-electron chi connectivity index (χ1n) is 4.32. The fourth-order valence-electron chi connectivity index (χ4n) is 1.00. The molecule has 0 saturated carbocycles. The van der Waals surface area contributed by atoms with Crippen LogP contribution in [-0.2, 0) is 4.74 Å². The van der Waals surface area contributed by atoms with Crippen LogP contribution in [0.1, 0.15) is 10.4 Å². The Morgan fingerprint density at radius 2 is 2.06 bits per heavy atom. The summed E-state index contributed by atoms with van der Waals surface area (Å²) >= 11 is 3.16. The molecular formula is C10H8BrF3O2. The van der Waals surface area contributed by atoms with E-state index >= 15 is 0 Å². The molecule has 6 heteroatoms. The maximum Gasteiger partial charge on any atom is 0.411 e. The fraction of sp³-hybridized carbons (Fsp3) is 0.300. The van der Waals surface area contributed by atoms with E-state index in [1.54, 1.807) is 12.1 Å². The minimum atomic E-state index is -4.41. The molecule has 0 spiro atoms. The fourth-order valence-corrected chi connectivity index (χ4v) is 1.40. The van der Waals surface area contributed by atoms with Crippen molar-refractivity contribution in [2.24, 2.45) is 0 Å². The Hall–Kier alpha value is -0.880. The zero-order valence-corrected chi connectivity index (χ0v) is 9.64. The zero-order chi connectivity index (χ0) is 12.2. The Kier molecular flexibility index (Phi) is 4.49. The van der Waals surface area contributed by atoms with Gasteiger partial charge in [-0.05, 0) is 12.1 Å². The molecule has 0 aliphatic heterocycles. The number of ketones is 1. The van der Waals surface area contributed by atoms with Gasteiger partial charge >= 0.3 is 6.18 Å². The normalized spacial score (nSPS) is 11.5. The molecule has 88 valence electrons. The lowest BCUT2D eigenvalue weighted by Gasteiger charge is -2.06. The Bertz CT molecular complexity index is 377. The van der Waals surface area contributed by atoms with Crippen molar-refractivity contribution in [3.8, 4) is 0 Å². The van der Waals surface area contributed by atoms with E-state index in [1.807, 2.05) is 0 Å². The summed E-state index contributed by atoms with van der Waals surface area (Å²) in [5.41, 5.74) is 0.316. The highest BCUT2D eigenvalue weighted by Gasteiger charge is 2.27. The van der Waals surface area contributed by atoms with Gasteiger partial charge in [0, 0.05) is 10.0 Å². The first-order valence-corrected chi connectivity index (χ1v) is 5.11. The molecule has 0 atom stereocenters. The van der Waals surface area contributed by atoms with Gasteiger partial charge in [-0.3, -0.25) is 4.79 Å². The Labute approximate surface area is 98.5 Å². The molecular weight excluding hydrogens is 289 g/mol. The number of benzene rings is 1. The van der Waals surface area contributed by atoms with Crippen LogP contribution in [0.5, 0.6) is 0 Å². The van der Waals surface area contributed by atoms with Gasteiger partial charge in [-0.25, -0.2) is 0 Å². The number of alkyl halides is 3. The van der Waals surface area contributed by atoms with Crippen LogP contribution in [0.15, 0.2) is 28.7 Å². The topological polar surface area (TPSA) is 26.3 Å². The highest BCUT2D eigenvalue weighted by atomic mass is 79.9. The Morgan fingerprint density at radius 1 is 1.38 bits per heavy atom. The first kappa shape index (κ1) is 13.2. The average Bonchev–Trinajstić information content (AvgIpc) is 2.15. The van der Waals surface area contributed by atoms with Crippen LogP contribution < -0.4 is 0 Å². The molecule has 2 nitrogen and oxygen atoms in total. The average molecular weight is 297 g/mol. The number of ether oxygens (including phenoxy) is 1. The van der Waals surface area contributed by atoms with Crippen molar-refractivity contribution >= 4 is 21.7 Å². The molecule has 0 aliphatic rings. The third-order valence-electron chi connectivity index (χ3n) is 1.65. The van der Waals surface area contributed by atoms with E-state index in [0.717, 1.165) is 0 Å². The van der Waals surface area contributed by atoms with Crippen molar-refractivity contribution in [2.45, 2.75) is 6.18 Å².